The van der Waals surface area contributed by atoms with Gasteiger partial charge in [0.05, 0.1) is 31.0 Å². The van der Waals surface area contributed by atoms with E-state index in [0.29, 0.717) is 24.6 Å². The number of carbonyl (C=O) groups excluding carboxylic acids is 2. The van der Waals surface area contributed by atoms with E-state index in [1.54, 1.807) is 32.9 Å². The maximum absolute atomic E-state index is 12.6. The Morgan fingerprint density at radius 1 is 1.26 bits per heavy atom. The Bertz CT molecular complexity index is 934. The van der Waals surface area contributed by atoms with Gasteiger partial charge >= 0.3 is 5.97 Å². The number of hydrogen-bond acceptors (Lipinski definition) is 6. The molecule has 7 heteroatoms. The molecule has 2 heterocycles. The summed E-state index contributed by atoms with van der Waals surface area (Å²) < 4.78 is 17.0. The highest BCUT2D eigenvalue weighted by atomic mass is 16.6. The van der Waals surface area contributed by atoms with Gasteiger partial charge in [0.25, 0.3) is 0 Å². The average Bonchev–Trinajstić information content (AvgIpc) is 3.08. The lowest BCUT2D eigenvalue weighted by Gasteiger charge is -2.21. The largest absolute Gasteiger partial charge is 0.460 e. The zero-order chi connectivity index (χ0) is 22.6. The molecule has 0 saturated heterocycles. The van der Waals surface area contributed by atoms with Crippen molar-refractivity contribution in [2.24, 2.45) is 5.92 Å². The Hall–Kier alpha value is -2.93. The van der Waals surface area contributed by atoms with Crippen LogP contribution in [0.3, 0.4) is 0 Å². The van der Waals surface area contributed by atoms with Crippen LogP contribution in [-0.4, -0.2) is 22.5 Å². The molecule has 3 rings (SSSR count). The molecule has 166 valence electrons. The molecule has 1 aliphatic heterocycles. The summed E-state index contributed by atoms with van der Waals surface area (Å²) in [5, 5.41) is 2.82. The normalized spacial score (nSPS) is 16.4. The molecule has 1 aliphatic rings. The van der Waals surface area contributed by atoms with Gasteiger partial charge in [0.2, 0.25) is 11.8 Å². The first-order valence-corrected chi connectivity index (χ1v) is 10.6. The van der Waals surface area contributed by atoms with E-state index in [0.717, 1.165) is 16.9 Å². The van der Waals surface area contributed by atoms with E-state index < -0.39 is 11.5 Å². The molecule has 1 amide bonds. The lowest BCUT2D eigenvalue weighted by atomic mass is 10.0. The summed E-state index contributed by atoms with van der Waals surface area (Å²) in [6, 6.07) is 9.27. The first kappa shape index (κ1) is 22.7. The fourth-order valence-electron chi connectivity index (χ4n) is 3.44. The van der Waals surface area contributed by atoms with Crippen LogP contribution in [0.25, 0.3) is 0 Å². The maximum Gasteiger partial charge on any atom is 0.307 e. The molecule has 2 aromatic rings. The number of benzene rings is 1. The molecule has 1 aromatic heterocycles. The van der Waals surface area contributed by atoms with Crippen molar-refractivity contribution >= 4 is 17.6 Å². The van der Waals surface area contributed by atoms with Crippen LogP contribution in [0.2, 0.25) is 0 Å². The molecule has 1 aromatic carbocycles. The lowest BCUT2D eigenvalue weighted by molar-refractivity contribution is -0.157. The van der Waals surface area contributed by atoms with Gasteiger partial charge in [-0.3, -0.25) is 9.59 Å². The number of rotatable bonds is 7. The second-order valence-corrected chi connectivity index (χ2v) is 8.65. The van der Waals surface area contributed by atoms with Gasteiger partial charge in [-0.15, -0.1) is 0 Å². The monoisotopic (exact) mass is 426 g/mol. The van der Waals surface area contributed by atoms with Crippen molar-refractivity contribution in [3.8, 4) is 11.6 Å². The van der Waals surface area contributed by atoms with E-state index in [9.17, 15) is 9.59 Å². The molecular formula is C24H30N2O5. The average molecular weight is 427 g/mol. The molecule has 0 saturated carbocycles. The molecule has 0 spiro atoms. The minimum absolute atomic E-state index is 0.0271. The molecule has 2 atom stereocenters. The Labute approximate surface area is 183 Å². The SMILES string of the molecule is CC[C@@H](CC(=O)OC(C)(C)C)C(=O)Nc1ccc(Oc2cccc3c2C(C)OC3)nc1. The third kappa shape index (κ3) is 6.04. The lowest BCUT2D eigenvalue weighted by Crippen LogP contribution is -2.29. The molecule has 0 aliphatic carbocycles. The highest BCUT2D eigenvalue weighted by molar-refractivity contribution is 5.94. The second kappa shape index (κ2) is 9.47. The van der Waals surface area contributed by atoms with Crippen molar-refractivity contribution < 1.29 is 23.8 Å². The smallest absolute Gasteiger partial charge is 0.307 e. The van der Waals surface area contributed by atoms with Crippen molar-refractivity contribution in [2.75, 3.05) is 5.32 Å². The molecule has 0 fully saturated rings. The first-order chi connectivity index (χ1) is 14.7. The van der Waals surface area contributed by atoms with Crippen LogP contribution in [0.5, 0.6) is 11.6 Å². The molecular weight excluding hydrogens is 396 g/mol. The quantitative estimate of drug-likeness (QED) is 0.615. The molecule has 31 heavy (non-hydrogen) atoms. The number of fused-ring (bicyclic) bond motifs is 1. The highest BCUT2D eigenvalue weighted by Gasteiger charge is 2.25. The zero-order valence-corrected chi connectivity index (χ0v) is 18.7. The van der Waals surface area contributed by atoms with Crippen LogP contribution in [0.1, 0.15) is 64.7 Å². The standard InChI is InChI=1S/C24H30N2O5/c1-6-16(12-21(27)31-24(3,4)5)23(28)26-18-10-11-20(25-13-18)30-19-9-7-8-17-14-29-15(2)22(17)19/h7-11,13,15-16H,6,12,14H2,1-5H3,(H,26,28)/t15?,16-/m0/s1. The predicted octanol–water partition coefficient (Wildman–Crippen LogP) is 5.16. The number of nitrogens with zero attached hydrogens (tertiary/aromatic N) is 1. The number of carbonyl (C=O) groups is 2. The maximum atomic E-state index is 12.6. The van der Waals surface area contributed by atoms with E-state index in [-0.39, 0.29) is 24.4 Å². The topological polar surface area (TPSA) is 86.8 Å². The molecule has 0 radical (unpaired) electrons. The van der Waals surface area contributed by atoms with Gasteiger partial charge in [-0.2, -0.15) is 0 Å². The van der Waals surface area contributed by atoms with Gasteiger partial charge in [0.1, 0.15) is 11.4 Å². The van der Waals surface area contributed by atoms with Gasteiger partial charge in [0.15, 0.2) is 0 Å². The van der Waals surface area contributed by atoms with Crippen LogP contribution in [0, 0.1) is 5.92 Å². The van der Waals surface area contributed by atoms with Gasteiger partial charge < -0.3 is 19.5 Å². The third-order valence-electron chi connectivity index (χ3n) is 4.97. The van der Waals surface area contributed by atoms with Crippen LogP contribution in [0.15, 0.2) is 36.5 Å². The number of ether oxygens (including phenoxy) is 3. The van der Waals surface area contributed by atoms with E-state index in [2.05, 4.69) is 10.3 Å². The summed E-state index contributed by atoms with van der Waals surface area (Å²) >= 11 is 0. The van der Waals surface area contributed by atoms with Crippen LogP contribution in [-0.2, 0) is 25.7 Å². The number of nitrogens with one attached hydrogen (secondary N) is 1. The Balaban J connectivity index is 1.61. The molecule has 0 bridgehead atoms. The molecule has 1 N–H and O–H groups in total. The van der Waals surface area contributed by atoms with Crippen molar-refractivity contribution in [3.05, 3.63) is 47.7 Å². The minimum atomic E-state index is -0.575. The minimum Gasteiger partial charge on any atom is -0.460 e. The summed E-state index contributed by atoms with van der Waals surface area (Å²) in [7, 11) is 0. The van der Waals surface area contributed by atoms with E-state index in [4.69, 9.17) is 14.2 Å². The Kier molecular flexibility index (Phi) is 6.95. The van der Waals surface area contributed by atoms with Gasteiger partial charge in [-0.05, 0) is 51.8 Å². The first-order valence-electron chi connectivity index (χ1n) is 10.6. The molecule has 7 nitrogen and oxygen atoms in total. The number of pyridine rings is 1. The van der Waals surface area contributed by atoms with Crippen molar-refractivity contribution in [2.45, 2.75) is 65.8 Å². The summed E-state index contributed by atoms with van der Waals surface area (Å²) in [6.07, 6.45) is 2.07. The Morgan fingerprint density at radius 3 is 2.68 bits per heavy atom. The summed E-state index contributed by atoms with van der Waals surface area (Å²) in [6.45, 7) is 9.85. The van der Waals surface area contributed by atoms with Crippen LogP contribution < -0.4 is 10.1 Å². The number of aromatic nitrogens is 1. The number of anilines is 1. The van der Waals surface area contributed by atoms with Crippen LogP contribution >= 0.6 is 0 Å². The van der Waals surface area contributed by atoms with Gasteiger partial charge in [-0.1, -0.05) is 19.1 Å². The zero-order valence-electron chi connectivity index (χ0n) is 18.7. The van der Waals surface area contributed by atoms with E-state index in [1.807, 2.05) is 32.0 Å². The summed E-state index contributed by atoms with van der Waals surface area (Å²) in [5.74, 6) is 0.0429. The van der Waals surface area contributed by atoms with Crippen molar-refractivity contribution in [1.29, 1.82) is 0 Å². The molecule has 1 unspecified atom stereocenters. The van der Waals surface area contributed by atoms with Crippen molar-refractivity contribution in [1.82, 2.24) is 4.98 Å². The number of amides is 1. The fraction of sp³-hybridized carbons (Fsp3) is 0.458. The van der Waals surface area contributed by atoms with E-state index >= 15 is 0 Å². The fourth-order valence-corrected chi connectivity index (χ4v) is 3.44. The number of hydrogen-bond donors (Lipinski definition) is 1. The number of esters is 1. The van der Waals surface area contributed by atoms with E-state index in [1.165, 1.54) is 6.20 Å². The highest BCUT2D eigenvalue weighted by Crippen LogP contribution is 2.38. The second-order valence-electron chi connectivity index (χ2n) is 8.65. The van der Waals surface area contributed by atoms with Gasteiger partial charge in [-0.25, -0.2) is 4.98 Å². The Morgan fingerprint density at radius 2 is 2.03 bits per heavy atom. The predicted molar refractivity (Wildman–Crippen MR) is 117 cm³/mol. The summed E-state index contributed by atoms with van der Waals surface area (Å²) in [5.41, 5.74) is 2.11. The van der Waals surface area contributed by atoms with Crippen molar-refractivity contribution in [3.63, 3.8) is 0 Å². The van der Waals surface area contributed by atoms with Crippen LogP contribution in [0.4, 0.5) is 5.69 Å². The summed E-state index contributed by atoms with van der Waals surface area (Å²) in [4.78, 5) is 29.0. The third-order valence-corrected chi connectivity index (χ3v) is 4.97. The van der Waals surface area contributed by atoms with Gasteiger partial charge in [0, 0.05) is 17.5 Å².